The first-order valence-electron chi connectivity index (χ1n) is 7.33. The monoisotopic (exact) mass is 268 g/mol. The van der Waals surface area contributed by atoms with E-state index in [1.807, 2.05) is 18.7 Å². The molecule has 0 aromatic rings. The molecule has 1 atom stereocenters. The van der Waals surface area contributed by atoms with Crippen molar-refractivity contribution in [1.29, 1.82) is 0 Å². The molecule has 0 aromatic heterocycles. The number of nitrogens with zero attached hydrogens (tertiary/aromatic N) is 1. The van der Waals surface area contributed by atoms with Gasteiger partial charge in [-0.3, -0.25) is 9.59 Å². The zero-order chi connectivity index (χ0) is 13.9. The number of hydrogen-bond acceptors (Lipinski definition) is 3. The Morgan fingerprint density at radius 3 is 2.68 bits per heavy atom. The predicted octanol–water partition coefficient (Wildman–Crippen LogP) is 1.07. The molecule has 2 aliphatic heterocycles. The van der Waals surface area contributed by atoms with Crippen molar-refractivity contribution in [2.45, 2.75) is 57.6 Å². The minimum atomic E-state index is -0.716. The molecule has 0 spiro atoms. The van der Waals surface area contributed by atoms with E-state index < -0.39 is 5.54 Å². The van der Waals surface area contributed by atoms with Crippen molar-refractivity contribution in [3.05, 3.63) is 0 Å². The standard InChI is InChI=1S/C14H24N2O3/c1-3-14(4-2)13(18)16(8-7-12(17)15-14)10-11-6-5-9-19-11/h11H,3-10H2,1-2H3,(H,15,17). The van der Waals surface area contributed by atoms with Gasteiger partial charge in [0.25, 0.3) is 0 Å². The fourth-order valence-electron chi connectivity index (χ4n) is 2.96. The third-order valence-corrected chi connectivity index (χ3v) is 4.34. The summed E-state index contributed by atoms with van der Waals surface area (Å²) >= 11 is 0. The molecule has 5 heteroatoms. The van der Waals surface area contributed by atoms with Gasteiger partial charge in [0.1, 0.15) is 5.54 Å². The Kier molecular flexibility index (Phi) is 4.45. The summed E-state index contributed by atoms with van der Waals surface area (Å²) in [4.78, 5) is 26.4. The molecule has 19 heavy (non-hydrogen) atoms. The van der Waals surface area contributed by atoms with Gasteiger partial charge in [0.2, 0.25) is 11.8 Å². The largest absolute Gasteiger partial charge is 0.376 e. The van der Waals surface area contributed by atoms with Crippen LogP contribution in [0.2, 0.25) is 0 Å². The van der Waals surface area contributed by atoms with E-state index in [-0.39, 0.29) is 17.9 Å². The van der Waals surface area contributed by atoms with Gasteiger partial charge in [-0.15, -0.1) is 0 Å². The SMILES string of the molecule is CCC1(CC)NC(=O)CCN(CC2CCCO2)C1=O. The third kappa shape index (κ3) is 2.91. The molecule has 2 saturated heterocycles. The van der Waals surface area contributed by atoms with Crippen molar-refractivity contribution in [3.63, 3.8) is 0 Å². The smallest absolute Gasteiger partial charge is 0.248 e. The van der Waals surface area contributed by atoms with Crippen LogP contribution in [-0.2, 0) is 14.3 Å². The minimum Gasteiger partial charge on any atom is -0.376 e. The molecular formula is C14H24N2O3. The van der Waals surface area contributed by atoms with Crippen LogP contribution in [0.3, 0.4) is 0 Å². The van der Waals surface area contributed by atoms with E-state index in [0.717, 1.165) is 19.4 Å². The van der Waals surface area contributed by atoms with E-state index in [1.165, 1.54) is 0 Å². The molecule has 1 unspecified atom stereocenters. The van der Waals surface area contributed by atoms with Gasteiger partial charge < -0.3 is 15.0 Å². The molecule has 2 aliphatic rings. The van der Waals surface area contributed by atoms with Crippen LogP contribution in [0.5, 0.6) is 0 Å². The zero-order valence-electron chi connectivity index (χ0n) is 11.9. The summed E-state index contributed by atoms with van der Waals surface area (Å²) in [6.07, 6.45) is 3.88. The average molecular weight is 268 g/mol. The van der Waals surface area contributed by atoms with Gasteiger partial charge >= 0.3 is 0 Å². The van der Waals surface area contributed by atoms with Crippen molar-refractivity contribution < 1.29 is 14.3 Å². The topological polar surface area (TPSA) is 58.6 Å². The molecule has 0 bridgehead atoms. The van der Waals surface area contributed by atoms with Crippen LogP contribution in [0.25, 0.3) is 0 Å². The Labute approximate surface area is 114 Å². The molecule has 108 valence electrons. The van der Waals surface area contributed by atoms with Crippen molar-refractivity contribution in [1.82, 2.24) is 10.2 Å². The highest BCUT2D eigenvalue weighted by molar-refractivity contribution is 5.93. The lowest BCUT2D eigenvalue weighted by Gasteiger charge is -2.34. The summed E-state index contributed by atoms with van der Waals surface area (Å²) in [6, 6.07) is 0. The van der Waals surface area contributed by atoms with Crippen LogP contribution in [0, 0.1) is 0 Å². The Morgan fingerprint density at radius 2 is 2.11 bits per heavy atom. The molecule has 0 aliphatic carbocycles. The quantitative estimate of drug-likeness (QED) is 0.830. The number of carbonyl (C=O) groups is 2. The highest BCUT2D eigenvalue weighted by atomic mass is 16.5. The lowest BCUT2D eigenvalue weighted by atomic mass is 9.91. The molecule has 0 saturated carbocycles. The van der Waals surface area contributed by atoms with Crippen molar-refractivity contribution in [3.8, 4) is 0 Å². The molecule has 2 heterocycles. The second-order valence-electron chi connectivity index (χ2n) is 5.47. The summed E-state index contributed by atoms with van der Waals surface area (Å²) in [5.41, 5.74) is -0.716. The molecule has 5 nitrogen and oxygen atoms in total. The van der Waals surface area contributed by atoms with Gasteiger partial charge in [-0.25, -0.2) is 0 Å². The molecule has 0 radical (unpaired) electrons. The van der Waals surface area contributed by atoms with E-state index in [1.54, 1.807) is 0 Å². The van der Waals surface area contributed by atoms with E-state index in [0.29, 0.717) is 32.4 Å². The van der Waals surface area contributed by atoms with Crippen LogP contribution >= 0.6 is 0 Å². The Bertz CT molecular complexity index is 347. The summed E-state index contributed by atoms with van der Waals surface area (Å²) in [5, 5.41) is 2.93. The van der Waals surface area contributed by atoms with E-state index >= 15 is 0 Å². The van der Waals surface area contributed by atoms with Gasteiger partial charge in [-0.05, 0) is 25.7 Å². The third-order valence-electron chi connectivity index (χ3n) is 4.34. The lowest BCUT2D eigenvalue weighted by molar-refractivity contribution is -0.140. The number of carbonyl (C=O) groups excluding carboxylic acids is 2. The first kappa shape index (κ1) is 14.3. The summed E-state index contributed by atoms with van der Waals surface area (Å²) in [7, 11) is 0. The molecule has 2 rings (SSSR count). The number of nitrogens with one attached hydrogen (secondary N) is 1. The summed E-state index contributed by atoms with van der Waals surface area (Å²) < 4.78 is 5.61. The highest BCUT2D eigenvalue weighted by Gasteiger charge is 2.42. The predicted molar refractivity (Wildman–Crippen MR) is 71.6 cm³/mol. The minimum absolute atomic E-state index is 0.0214. The van der Waals surface area contributed by atoms with Gasteiger partial charge in [0.05, 0.1) is 6.10 Å². The van der Waals surface area contributed by atoms with E-state index in [9.17, 15) is 9.59 Å². The van der Waals surface area contributed by atoms with Crippen molar-refractivity contribution in [2.24, 2.45) is 0 Å². The van der Waals surface area contributed by atoms with Crippen LogP contribution in [0.1, 0.15) is 46.0 Å². The van der Waals surface area contributed by atoms with Crippen molar-refractivity contribution >= 4 is 11.8 Å². The fourth-order valence-corrected chi connectivity index (χ4v) is 2.96. The maximum atomic E-state index is 12.7. The number of ether oxygens (including phenoxy) is 1. The van der Waals surface area contributed by atoms with Crippen LogP contribution in [0.15, 0.2) is 0 Å². The second-order valence-corrected chi connectivity index (χ2v) is 5.47. The Balaban J connectivity index is 2.13. The maximum Gasteiger partial charge on any atom is 0.248 e. The number of hydrogen-bond donors (Lipinski definition) is 1. The summed E-state index contributed by atoms with van der Waals surface area (Å²) in [5.74, 6) is 0.0331. The maximum absolute atomic E-state index is 12.7. The van der Waals surface area contributed by atoms with Crippen LogP contribution in [-0.4, -0.2) is 48.1 Å². The van der Waals surface area contributed by atoms with Crippen LogP contribution < -0.4 is 5.32 Å². The van der Waals surface area contributed by atoms with Crippen LogP contribution in [0.4, 0.5) is 0 Å². The van der Waals surface area contributed by atoms with E-state index in [4.69, 9.17) is 4.74 Å². The normalized spacial score (nSPS) is 27.3. The summed E-state index contributed by atoms with van der Waals surface area (Å²) in [6.45, 7) is 5.83. The first-order chi connectivity index (χ1) is 9.11. The second kappa shape index (κ2) is 5.90. The fraction of sp³-hybridized carbons (Fsp3) is 0.857. The van der Waals surface area contributed by atoms with Gasteiger partial charge in [-0.2, -0.15) is 0 Å². The molecule has 1 N–H and O–H groups in total. The first-order valence-corrected chi connectivity index (χ1v) is 7.33. The number of amides is 2. The average Bonchev–Trinajstić information content (AvgIpc) is 2.89. The van der Waals surface area contributed by atoms with Gasteiger partial charge in [0.15, 0.2) is 0 Å². The highest BCUT2D eigenvalue weighted by Crippen LogP contribution is 2.23. The lowest BCUT2D eigenvalue weighted by Crippen LogP contribution is -2.57. The molecule has 2 amide bonds. The zero-order valence-corrected chi connectivity index (χ0v) is 11.9. The Hall–Kier alpha value is -1.10. The van der Waals surface area contributed by atoms with Gasteiger partial charge in [0, 0.05) is 26.1 Å². The van der Waals surface area contributed by atoms with Crippen molar-refractivity contribution in [2.75, 3.05) is 19.7 Å². The number of rotatable bonds is 4. The molecule has 0 aromatic carbocycles. The molecule has 2 fully saturated rings. The van der Waals surface area contributed by atoms with E-state index in [2.05, 4.69) is 5.32 Å². The Morgan fingerprint density at radius 1 is 1.37 bits per heavy atom. The molecular weight excluding hydrogens is 244 g/mol. The van der Waals surface area contributed by atoms with Gasteiger partial charge in [-0.1, -0.05) is 13.8 Å².